The van der Waals surface area contributed by atoms with Crippen LogP contribution in [0.5, 0.6) is 0 Å². The number of hydrogen-bond donors (Lipinski definition) is 2. The van der Waals surface area contributed by atoms with Gasteiger partial charge >= 0.3 is 5.97 Å². The zero-order valence-electron chi connectivity index (χ0n) is 12.8. The first-order chi connectivity index (χ1) is 9.62. The molecule has 5 heteroatoms. The second-order valence-electron chi connectivity index (χ2n) is 6.46. The third kappa shape index (κ3) is 2.99. The molecule has 0 spiro atoms. The first-order valence-electron chi connectivity index (χ1n) is 6.88. The van der Waals surface area contributed by atoms with Crippen molar-refractivity contribution < 1.29 is 9.90 Å². The summed E-state index contributed by atoms with van der Waals surface area (Å²) in [6.45, 7) is 6.48. The number of aromatic nitrogens is 1. The molecule has 114 valence electrons. The fourth-order valence-electron chi connectivity index (χ4n) is 2.46. The van der Waals surface area contributed by atoms with Gasteiger partial charge in [-0.3, -0.25) is 4.79 Å². The number of halogens is 1. The lowest BCUT2D eigenvalue weighted by molar-refractivity contribution is -0.138. The molecule has 2 rings (SSSR count). The molecule has 1 atom stereocenters. The molecule has 3 N–H and O–H groups in total. The summed E-state index contributed by atoms with van der Waals surface area (Å²) in [7, 11) is 1.96. The average molecular weight is 353 g/mol. The minimum Gasteiger partial charge on any atom is -0.480 e. The Kier molecular flexibility index (Phi) is 4.17. The number of hydrogen-bond acceptors (Lipinski definition) is 2. The Hall–Kier alpha value is -1.33. The van der Waals surface area contributed by atoms with Gasteiger partial charge in [0.25, 0.3) is 0 Å². The molecule has 0 bridgehead atoms. The van der Waals surface area contributed by atoms with E-state index in [1.54, 1.807) is 0 Å². The largest absolute Gasteiger partial charge is 0.480 e. The number of fused-ring (bicyclic) bond motifs is 1. The minimum absolute atomic E-state index is 0.0443. The lowest BCUT2D eigenvalue weighted by Gasteiger charge is -2.19. The lowest BCUT2D eigenvalue weighted by Crippen LogP contribution is -2.32. The second kappa shape index (κ2) is 5.46. The first-order valence-corrected chi connectivity index (χ1v) is 7.68. The number of carbonyl (C=O) groups is 1. The Morgan fingerprint density at radius 1 is 1.43 bits per heavy atom. The van der Waals surface area contributed by atoms with Crippen LogP contribution in [0.1, 0.15) is 31.9 Å². The van der Waals surface area contributed by atoms with E-state index in [2.05, 4.69) is 54.9 Å². The molecule has 21 heavy (non-hydrogen) atoms. The van der Waals surface area contributed by atoms with Gasteiger partial charge in [0.1, 0.15) is 6.04 Å². The van der Waals surface area contributed by atoms with Gasteiger partial charge in [-0.25, -0.2) is 0 Å². The maximum atomic E-state index is 11.0. The Balaban J connectivity index is 2.63. The topological polar surface area (TPSA) is 68.2 Å². The third-order valence-corrected chi connectivity index (χ3v) is 4.84. The normalized spacial score (nSPS) is 13.6. The third-order valence-electron chi connectivity index (χ3n) is 3.83. The fourth-order valence-corrected chi connectivity index (χ4v) is 3.02. The van der Waals surface area contributed by atoms with Crippen LogP contribution in [0.25, 0.3) is 10.9 Å². The number of nitrogens with zero attached hydrogens (tertiary/aromatic N) is 1. The summed E-state index contributed by atoms with van der Waals surface area (Å²) < 4.78 is 2.91. The zero-order chi connectivity index (χ0) is 15.9. The van der Waals surface area contributed by atoms with Gasteiger partial charge in [0.2, 0.25) is 0 Å². The van der Waals surface area contributed by atoms with Gasteiger partial charge in [0.15, 0.2) is 0 Å². The first kappa shape index (κ1) is 16.0. The Bertz CT molecular complexity index is 698. The molecule has 1 unspecified atom stereocenters. The van der Waals surface area contributed by atoms with Gasteiger partial charge in [0.05, 0.1) is 4.60 Å². The van der Waals surface area contributed by atoms with Crippen LogP contribution < -0.4 is 5.73 Å². The van der Waals surface area contributed by atoms with Crippen LogP contribution >= 0.6 is 15.9 Å². The van der Waals surface area contributed by atoms with Crippen LogP contribution in [0.4, 0.5) is 0 Å². The predicted octanol–water partition coefficient (Wildman–Crippen LogP) is 3.19. The SMILES string of the molecule is Cn1c(Br)c(CC(N)C(=O)O)c2cc(C(C)(C)C)ccc21. The highest BCUT2D eigenvalue weighted by molar-refractivity contribution is 9.10. The highest BCUT2D eigenvalue weighted by atomic mass is 79.9. The molecule has 1 heterocycles. The van der Waals surface area contributed by atoms with Crippen LogP contribution in [0.2, 0.25) is 0 Å². The van der Waals surface area contributed by atoms with Crippen LogP contribution in [-0.4, -0.2) is 21.7 Å². The summed E-state index contributed by atoms with van der Waals surface area (Å²) in [4.78, 5) is 11.0. The summed E-state index contributed by atoms with van der Waals surface area (Å²) >= 11 is 3.56. The van der Waals surface area contributed by atoms with Crippen LogP contribution in [-0.2, 0) is 23.7 Å². The maximum absolute atomic E-state index is 11.0. The molecule has 0 aliphatic rings. The number of rotatable bonds is 3. The van der Waals surface area contributed by atoms with Gasteiger partial charge in [-0.2, -0.15) is 0 Å². The molecule has 1 aromatic heterocycles. The molecule has 2 aromatic rings. The van der Waals surface area contributed by atoms with E-state index in [4.69, 9.17) is 10.8 Å². The molecule has 0 aliphatic heterocycles. The van der Waals surface area contributed by atoms with Crippen molar-refractivity contribution in [2.45, 2.75) is 38.6 Å². The molecule has 0 aliphatic carbocycles. The van der Waals surface area contributed by atoms with Crippen LogP contribution in [0.15, 0.2) is 22.8 Å². The lowest BCUT2D eigenvalue weighted by atomic mass is 9.86. The molecule has 4 nitrogen and oxygen atoms in total. The number of benzene rings is 1. The summed E-state index contributed by atoms with van der Waals surface area (Å²) in [5.41, 5.74) is 9.00. The Morgan fingerprint density at radius 2 is 2.05 bits per heavy atom. The number of carboxylic acid groups (broad SMARTS) is 1. The number of aryl methyl sites for hydroxylation is 1. The standard InChI is InChI=1S/C16H21BrN2O2/c1-16(2,3)9-5-6-13-10(7-9)11(14(17)19(13)4)8-12(18)15(20)21/h5-7,12H,8,18H2,1-4H3,(H,20,21). The van der Waals surface area contributed by atoms with E-state index in [0.717, 1.165) is 21.1 Å². The maximum Gasteiger partial charge on any atom is 0.320 e. The molecule has 0 radical (unpaired) electrons. The van der Waals surface area contributed by atoms with Crippen LogP contribution in [0.3, 0.4) is 0 Å². The monoisotopic (exact) mass is 352 g/mol. The van der Waals surface area contributed by atoms with Gasteiger partial charge in [-0.05, 0) is 44.6 Å². The van der Waals surface area contributed by atoms with E-state index in [-0.39, 0.29) is 5.41 Å². The van der Waals surface area contributed by atoms with E-state index in [9.17, 15) is 4.79 Å². The smallest absolute Gasteiger partial charge is 0.320 e. The second-order valence-corrected chi connectivity index (χ2v) is 7.21. The van der Waals surface area contributed by atoms with Gasteiger partial charge in [-0.15, -0.1) is 0 Å². The Morgan fingerprint density at radius 3 is 2.57 bits per heavy atom. The highest BCUT2D eigenvalue weighted by Crippen LogP contribution is 2.33. The fraction of sp³-hybridized carbons (Fsp3) is 0.438. The predicted molar refractivity (Wildman–Crippen MR) is 88.6 cm³/mol. The van der Waals surface area contributed by atoms with Gasteiger partial charge < -0.3 is 15.4 Å². The van der Waals surface area contributed by atoms with Crippen molar-refractivity contribution in [1.29, 1.82) is 0 Å². The average Bonchev–Trinajstić information content (AvgIpc) is 2.62. The van der Waals surface area contributed by atoms with E-state index < -0.39 is 12.0 Å². The molecule has 0 saturated heterocycles. The summed E-state index contributed by atoms with van der Waals surface area (Å²) in [5.74, 6) is -0.981. The number of carboxylic acids is 1. The molecule has 0 saturated carbocycles. The van der Waals surface area contributed by atoms with Crippen molar-refractivity contribution in [1.82, 2.24) is 4.57 Å². The zero-order valence-corrected chi connectivity index (χ0v) is 14.4. The van der Waals surface area contributed by atoms with Crippen LogP contribution in [0, 0.1) is 0 Å². The minimum atomic E-state index is -0.981. The summed E-state index contributed by atoms with van der Waals surface area (Å²) in [6.07, 6.45) is 0.306. The highest BCUT2D eigenvalue weighted by Gasteiger charge is 2.21. The van der Waals surface area contributed by atoms with Crippen molar-refractivity contribution in [3.8, 4) is 0 Å². The van der Waals surface area contributed by atoms with Crippen molar-refractivity contribution >= 4 is 32.8 Å². The van der Waals surface area contributed by atoms with Crippen molar-refractivity contribution in [2.24, 2.45) is 12.8 Å². The quantitative estimate of drug-likeness (QED) is 0.891. The Labute approximate surface area is 133 Å². The van der Waals surface area contributed by atoms with E-state index in [1.807, 2.05) is 11.6 Å². The van der Waals surface area contributed by atoms with Crippen molar-refractivity contribution in [3.63, 3.8) is 0 Å². The van der Waals surface area contributed by atoms with E-state index in [0.29, 0.717) is 6.42 Å². The number of aliphatic carboxylic acids is 1. The molecule has 1 aromatic carbocycles. The molecular weight excluding hydrogens is 332 g/mol. The van der Waals surface area contributed by atoms with E-state index in [1.165, 1.54) is 5.56 Å². The van der Waals surface area contributed by atoms with Gasteiger partial charge in [0, 0.05) is 24.4 Å². The molecule has 0 fully saturated rings. The molecular formula is C16H21BrN2O2. The summed E-state index contributed by atoms with van der Waals surface area (Å²) in [5, 5.41) is 10.1. The van der Waals surface area contributed by atoms with Crippen molar-refractivity contribution in [3.05, 3.63) is 33.9 Å². The van der Waals surface area contributed by atoms with Gasteiger partial charge in [-0.1, -0.05) is 26.8 Å². The van der Waals surface area contributed by atoms with Crippen molar-refractivity contribution in [2.75, 3.05) is 0 Å². The van der Waals surface area contributed by atoms with E-state index >= 15 is 0 Å². The molecule has 0 amide bonds. The number of nitrogens with two attached hydrogens (primary N) is 1. The summed E-state index contributed by atoms with van der Waals surface area (Å²) in [6, 6.07) is 5.45.